The lowest BCUT2D eigenvalue weighted by Gasteiger charge is -2.09. The molecule has 0 saturated carbocycles. The fourth-order valence-corrected chi connectivity index (χ4v) is 3.32. The number of carbonyl (C=O) groups is 2. The molecule has 0 saturated heterocycles. The largest absolute Gasteiger partial charge is 0.465 e. The third-order valence-corrected chi connectivity index (χ3v) is 4.60. The van der Waals surface area contributed by atoms with Gasteiger partial charge in [0.15, 0.2) is 5.76 Å². The fourth-order valence-electron chi connectivity index (χ4n) is 3.32. The molecule has 0 spiro atoms. The summed E-state index contributed by atoms with van der Waals surface area (Å²) >= 11 is 0. The first-order valence-electron chi connectivity index (χ1n) is 8.23. The van der Waals surface area contributed by atoms with Gasteiger partial charge in [0.2, 0.25) is 0 Å². The quantitative estimate of drug-likeness (QED) is 0.707. The van der Waals surface area contributed by atoms with Crippen LogP contribution < -0.4 is 5.32 Å². The summed E-state index contributed by atoms with van der Waals surface area (Å²) in [5.41, 5.74) is 4.33. The molecular formula is C19H17N3O4. The molecule has 132 valence electrons. The number of methoxy groups -OCH3 is 1. The molecule has 4 rings (SSSR count). The summed E-state index contributed by atoms with van der Waals surface area (Å²) in [5.74, 6) is 0.0792. The first-order valence-corrected chi connectivity index (χ1v) is 8.23. The second-order valence-electron chi connectivity index (χ2n) is 6.12. The molecule has 1 aromatic carbocycles. The molecule has 2 aromatic heterocycles. The number of nitrogens with zero attached hydrogens (tertiary/aromatic N) is 1. The summed E-state index contributed by atoms with van der Waals surface area (Å²) in [7, 11) is 1.30. The van der Waals surface area contributed by atoms with Crippen molar-refractivity contribution in [1.29, 1.82) is 0 Å². The Balaban J connectivity index is 1.69. The lowest BCUT2D eigenvalue weighted by atomic mass is 9.93. The molecule has 7 nitrogen and oxygen atoms in total. The van der Waals surface area contributed by atoms with Gasteiger partial charge in [-0.25, -0.2) is 4.79 Å². The van der Waals surface area contributed by atoms with Crippen LogP contribution in [0.4, 0.5) is 5.69 Å². The van der Waals surface area contributed by atoms with Crippen LogP contribution in [0.15, 0.2) is 34.9 Å². The van der Waals surface area contributed by atoms with Gasteiger partial charge in [0.25, 0.3) is 5.91 Å². The number of aromatic nitrogens is 2. The number of amides is 1. The molecule has 3 aromatic rings. The van der Waals surface area contributed by atoms with E-state index < -0.39 is 11.9 Å². The van der Waals surface area contributed by atoms with Gasteiger partial charge >= 0.3 is 5.97 Å². The standard InChI is InChI=1S/C19H17N3O4/c1-10-15-14(8-7-11-9-20-22-16(11)15)26-17(10)18(23)21-13-6-4-3-5-12(13)19(24)25-2/h3-6,9H,7-8H2,1-2H3,(H,20,22)(H,21,23). The van der Waals surface area contributed by atoms with E-state index in [0.717, 1.165) is 34.6 Å². The number of rotatable bonds is 3. The van der Waals surface area contributed by atoms with Crippen LogP contribution >= 0.6 is 0 Å². The average molecular weight is 351 g/mol. The molecule has 0 aliphatic heterocycles. The smallest absolute Gasteiger partial charge is 0.339 e. The molecule has 2 N–H and O–H groups in total. The lowest BCUT2D eigenvalue weighted by Crippen LogP contribution is -2.15. The number of esters is 1. The van der Waals surface area contributed by atoms with Crippen LogP contribution in [0, 0.1) is 6.92 Å². The Labute approximate surface area is 149 Å². The van der Waals surface area contributed by atoms with E-state index in [-0.39, 0.29) is 11.3 Å². The second kappa shape index (κ2) is 6.18. The third kappa shape index (κ3) is 2.48. The molecule has 0 fully saturated rings. The van der Waals surface area contributed by atoms with Crippen molar-refractivity contribution in [1.82, 2.24) is 10.2 Å². The summed E-state index contributed by atoms with van der Waals surface area (Å²) in [5, 5.41) is 9.82. The molecule has 1 amide bonds. The highest BCUT2D eigenvalue weighted by atomic mass is 16.5. The highest BCUT2D eigenvalue weighted by molar-refractivity contribution is 6.08. The van der Waals surface area contributed by atoms with Crippen LogP contribution in [0.2, 0.25) is 0 Å². The van der Waals surface area contributed by atoms with E-state index in [1.54, 1.807) is 30.5 Å². The van der Waals surface area contributed by atoms with Gasteiger partial charge in [0.1, 0.15) is 5.76 Å². The van der Waals surface area contributed by atoms with Crippen molar-refractivity contribution in [3.63, 3.8) is 0 Å². The number of para-hydroxylation sites is 1. The normalized spacial score (nSPS) is 12.2. The molecule has 1 aliphatic rings. The van der Waals surface area contributed by atoms with Crippen LogP contribution in [-0.2, 0) is 17.6 Å². The lowest BCUT2D eigenvalue weighted by molar-refractivity contribution is 0.0602. The summed E-state index contributed by atoms with van der Waals surface area (Å²) < 4.78 is 10.6. The van der Waals surface area contributed by atoms with Crippen molar-refractivity contribution in [2.45, 2.75) is 19.8 Å². The molecule has 0 atom stereocenters. The average Bonchev–Trinajstić information content (AvgIpc) is 3.25. The molecule has 0 bridgehead atoms. The highest BCUT2D eigenvalue weighted by Gasteiger charge is 2.29. The van der Waals surface area contributed by atoms with Crippen molar-refractivity contribution in [3.8, 4) is 11.3 Å². The van der Waals surface area contributed by atoms with Crippen molar-refractivity contribution in [3.05, 3.63) is 58.7 Å². The number of benzene rings is 1. The number of aromatic amines is 1. The van der Waals surface area contributed by atoms with Gasteiger partial charge in [-0.2, -0.15) is 5.10 Å². The maximum atomic E-state index is 12.8. The Morgan fingerprint density at radius 1 is 1.27 bits per heavy atom. The number of H-pyrrole nitrogens is 1. The number of furan rings is 1. The van der Waals surface area contributed by atoms with Gasteiger partial charge in [0.05, 0.1) is 30.3 Å². The van der Waals surface area contributed by atoms with Crippen molar-refractivity contribution < 1.29 is 18.7 Å². The number of aryl methyl sites for hydroxylation is 2. The van der Waals surface area contributed by atoms with E-state index in [9.17, 15) is 9.59 Å². The maximum Gasteiger partial charge on any atom is 0.339 e. The molecule has 1 aliphatic carbocycles. The Morgan fingerprint density at radius 2 is 2.08 bits per heavy atom. The topological polar surface area (TPSA) is 97.2 Å². The van der Waals surface area contributed by atoms with Gasteiger partial charge in [-0.05, 0) is 31.0 Å². The van der Waals surface area contributed by atoms with Crippen molar-refractivity contribution in [2.75, 3.05) is 12.4 Å². The number of hydrogen-bond donors (Lipinski definition) is 2. The van der Waals surface area contributed by atoms with Crippen LogP contribution in [0.1, 0.15) is 37.8 Å². The van der Waals surface area contributed by atoms with E-state index in [1.807, 2.05) is 6.92 Å². The summed E-state index contributed by atoms with van der Waals surface area (Å²) in [6.07, 6.45) is 3.34. The Bertz CT molecular complexity index is 1020. The number of carbonyl (C=O) groups excluding carboxylic acids is 2. The monoisotopic (exact) mass is 351 g/mol. The van der Waals surface area contributed by atoms with Gasteiger partial charge < -0.3 is 14.5 Å². The molecule has 0 radical (unpaired) electrons. The zero-order valence-corrected chi connectivity index (χ0v) is 14.4. The highest BCUT2D eigenvalue weighted by Crippen LogP contribution is 2.38. The van der Waals surface area contributed by atoms with Gasteiger partial charge in [-0.15, -0.1) is 0 Å². The molecule has 0 unspecified atom stereocenters. The first-order chi connectivity index (χ1) is 12.6. The SMILES string of the molecule is COC(=O)c1ccccc1NC(=O)c1oc2c(c1C)-c1[nH]ncc1CC2. The van der Waals surface area contributed by atoms with Gasteiger partial charge in [-0.1, -0.05) is 12.1 Å². The van der Waals surface area contributed by atoms with Crippen LogP contribution in [0.25, 0.3) is 11.3 Å². The molecular weight excluding hydrogens is 334 g/mol. The molecule has 26 heavy (non-hydrogen) atoms. The maximum absolute atomic E-state index is 12.8. The molecule has 2 heterocycles. The minimum atomic E-state index is -0.515. The van der Waals surface area contributed by atoms with Gasteiger partial charge in [-0.3, -0.25) is 9.89 Å². The minimum Gasteiger partial charge on any atom is -0.465 e. The number of anilines is 1. The van der Waals surface area contributed by atoms with Crippen LogP contribution in [0.3, 0.4) is 0 Å². The summed E-state index contributed by atoms with van der Waals surface area (Å²) in [4.78, 5) is 24.7. The Morgan fingerprint density at radius 3 is 2.88 bits per heavy atom. The van der Waals surface area contributed by atoms with Crippen LogP contribution in [-0.4, -0.2) is 29.2 Å². The van der Waals surface area contributed by atoms with E-state index in [0.29, 0.717) is 12.1 Å². The molecule has 7 heteroatoms. The van der Waals surface area contributed by atoms with E-state index in [2.05, 4.69) is 15.5 Å². The summed E-state index contributed by atoms with van der Waals surface area (Å²) in [6, 6.07) is 6.69. The fraction of sp³-hybridized carbons (Fsp3) is 0.211. The van der Waals surface area contributed by atoms with E-state index in [1.165, 1.54) is 7.11 Å². The Hall–Kier alpha value is -3.35. The van der Waals surface area contributed by atoms with E-state index in [4.69, 9.17) is 9.15 Å². The summed E-state index contributed by atoms with van der Waals surface area (Å²) in [6.45, 7) is 1.85. The van der Waals surface area contributed by atoms with Crippen molar-refractivity contribution in [2.24, 2.45) is 0 Å². The predicted molar refractivity (Wildman–Crippen MR) is 94.2 cm³/mol. The number of ether oxygens (including phenoxy) is 1. The predicted octanol–water partition coefficient (Wildman–Crippen LogP) is 3.12. The Kier molecular flexibility index (Phi) is 3.84. The zero-order chi connectivity index (χ0) is 18.3. The number of nitrogens with one attached hydrogen (secondary N) is 2. The number of hydrogen-bond acceptors (Lipinski definition) is 5. The second-order valence-corrected chi connectivity index (χ2v) is 6.12. The van der Waals surface area contributed by atoms with Crippen LogP contribution in [0.5, 0.6) is 0 Å². The minimum absolute atomic E-state index is 0.233. The first kappa shape index (κ1) is 16.1. The van der Waals surface area contributed by atoms with Gasteiger partial charge in [0, 0.05) is 17.5 Å². The zero-order valence-electron chi connectivity index (χ0n) is 14.4. The van der Waals surface area contributed by atoms with Crippen molar-refractivity contribution >= 4 is 17.6 Å². The van der Waals surface area contributed by atoms with E-state index >= 15 is 0 Å². The number of fused-ring (bicyclic) bond motifs is 3. The third-order valence-electron chi connectivity index (χ3n) is 4.60.